The van der Waals surface area contributed by atoms with E-state index in [4.69, 9.17) is 11.6 Å². The molecule has 0 aliphatic carbocycles. The number of hydrogen-bond acceptors (Lipinski definition) is 2. The highest BCUT2D eigenvalue weighted by atomic mass is 35.5. The van der Waals surface area contributed by atoms with E-state index in [1.54, 1.807) is 4.90 Å². The van der Waals surface area contributed by atoms with E-state index in [0.717, 1.165) is 11.1 Å². The lowest BCUT2D eigenvalue weighted by molar-refractivity contribution is -0.129. The van der Waals surface area contributed by atoms with Crippen molar-refractivity contribution in [2.75, 3.05) is 13.1 Å². The molecule has 1 heterocycles. The van der Waals surface area contributed by atoms with Crippen LogP contribution in [-0.4, -0.2) is 29.8 Å². The summed E-state index contributed by atoms with van der Waals surface area (Å²) in [6.07, 6.45) is 0.306. The average molecular weight is 323 g/mol. The van der Waals surface area contributed by atoms with Gasteiger partial charge in [-0.15, -0.1) is 0 Å². The molecule has 1 fully saturated rings. The second kappa shape index (κ2) is 7.14. The molecular formula is C17H23ClN2O2. The minimum Gasteiger partial charge on any atom is -0.352 e. The van der Waals surface area contributed by atoms with Gasteiger partial charge in [0.05, 0.1) is 5.92 Å². The van der Waals surface area contributed by atoms with Crippen molar-refractivity contribution in [1.29, 1.82) is 0 Å². The zero-order valence-corrected chi connectivity index (χ0v) is 14.1. The topological polar surface area (TPSA) is 49.4 Å². The molecule has 4 nitrogen and oxygen atoms in total. The number of likely N-dealkylation sites (tertiary alicyclic amines) is 1. The summed E-state index contributed by atoms with van der Waals surface area (Å²) in [5.41, 5.74) is 1.98. The van der Waals surface area contributed by atoms with Gasteiger partial charge in [-0.1, -0.05) is 37.6 Å². The van der Waals surface area contributed by atoms with Gasteiger partial charge in [0.15, 0.2) is 0 Å². The fourth-order valence-corrected chi connectivity index (χ4v) is 2.99. The van der Waals surface area contributed by atoms with Crippen LogP contribution in [0.1, 0.15) is 31.4 Å². The highest BCUT2D eigenvalue weighted by Gasteiger charge is 2.34. The Morgan fingerprint density at radius 1 is 1.45 bits per heavy atom. The summed E-state index contributed by atoms with van der Waals surface area (Å²) in [5, 5.41) is 3.55. The Balaban J connectivity index is 1.89. The van der Waals surface area contributed by atoms with Crippen LogP contribution in [0.25, 0.3) is 0 Å². The van der Waals surface area contributed by atoms with Crippen LogP contribution < -0.4 is 5.32 Å². The van der Waals surface area contributed by atoms with Crippen molar-refractivity contribution < 1.29 is 9.59 Å². The molecule has 1 aliphatic rings. The number of aryl methyl sites for hydroxylation is 1. The highest BCUT2D eigenvalue weighted by Crippen LogP contribution is 2.20. The fraction of sp³-hybridized carbons (Fsp3) is 0.529. The maximum Gasteiger partial charge on any atom is 0.225 e. The summed E-state index contributed by atoms with van der Waals surface area (Å²) in [5.74, 6) is 0.158. The molecule has 22 heavy (non-hydrogen) atoms. The molecule has 1 atom stereocenters. The van der Waals surface area contributed by atoms with Crippen LogP contribution in [0.15, 0.2) is 18.2 Å². The van der Waals surface area contributed by atoms with Crippen LogP contribution in [0.5, 0.6) is 0 Å². The molecule has 0 saturated carbocycles. The molecule has 5 heteroatoms. The summed E-state index contributed by atoms with van der Waals surface area (Å²) >= 11 is 6.16. The van der Waals surface area contributed by atoms with E-state index in [-0.39, 0.29) is 17.7 Å². The molecule has 1 aromatic rings. The van der Waals surface area contributed by atoms with E-state index in [1.165, 1.54) is 0 Å². The lowest BCUT2D eigenvalue weighted by Gasteiger charge is -2.18. The van der Waals surface area contributed by atoms with Gasteiger partial charge in [0.2, 0.25) is 11.8 Å². The maximum atomic E-state index is 12.2. The first-order valence-corrected chi connectivity index (χ1v) is 8.05. The third-order valence-electron chi connectivity index (χ3n) is 3.83. The third kappa shape index (κ3) is 4.23. The molecule has 0 spiro atoms. The van der Waals surface area contributed by atoms with Crippen molar-refractivity contribution in [3.8, 4) is 0 Å². The first kappa shape index (κ1) is 16.8. The Bertz CT molecular complexity index is 572. The first-order valence-electron chi connectivity index (χ1n) is 7.67. The summed E-state index contributed by atoms with van der Waals surface area (Å²) in [6, 6.07) is 5.77. The molecule has 2 rings (SSSR count). The number of carbonyl (C=O) groups is 2. The zero-order valence-electron chi connectivity index (χ0n) is 13.4. The molecule has 1 aliphatic heterocycles. The van der Waals surface area contributed by atoms with Gasteiger partial charge in [0.1, 0.15) is 0 Å². The van der Waals surface area contributed by atoms with E-state index >= 15 is 0 Å². The van der Waals surface area contributed by atoms with Gasteiger partial charge in [-0.3, -0.25) is 9.59 Å². The summed E-state index contributed by atoms with van der Waals surface area (Å²) < 4.78 is 0. The summed E-state index contributed by atoms with van der Waals surface area (Å²) in [6.45, 7) is 7.74. The van der Waals surface area contributed by atoms with E-state index in [9.17, 15) is 9.59 Å². The maximum absolute atomic E-state index is 12.2. The number of halogens is 1. The van der Waals surface area contributed by atoms with Gasteiger partial charge in [-0.05, 0) is 30.0 Å². The lowest BCUT2D eigenvalue weighted by Crippen LogP contribution is -2.33. The van der Waals surface area contributed by atoms with Gasteiger partial charge in [-0.2, -0.15) is 0 Å². The number of amides is 2. The highest BCUT2D eigenvalue weighted by molar-refractivity contribution is 6.31. The Hall–Kier alpha value is -1.55. The molecule has 0 aromatic heterocycles. The van der Waals surface area contributed by atoms with Crippen molar-refractivity contribution in [2.24, 2.45) is 11.8 Å². The van der Waals surface area contributed by atoms with Crippen molar-refractivity contribution >= 4 is 23.4 Å². The third-order valence-corrected chi connectivity index (χ3v) is 4.18. The number of hydrogen-bond donors (Lipinski definition) is 1. The SMILES string of the molecule is Cc1ccc(CNC(=O)C2CC(=O)N(CC(C)C)C2)c(Cl)c1. The van der Waals surface area contributed by atoms with E-state index in [2.05, 4.69) is 19.2 Å². The van der Waals surface area contributed by atoms with Crippen LogP contribution in [-0.2, 0) is 16.1 Å². The molecular weight excluding hydrogens is 300 g/mol. The molecule has 1 aromatic carbocycles. The number of carbonyl (C=O) groups excluding carboxylic acids is 2. The number of nitrogens with zero attached hydrogens (tertiary/aromatic N) is 1. The standard InChI is InChI=1S/C17H23ClN2O2/c1-11(2)9-20-10-14(7-16(20)21)17(22)19-8-13-5-4-12(3)6-15(13)18/h4-6,11,14H,7-10H2,1-3H3,(H,19,22). The monoisotopic (exact) mass is 322 g/mol. The van der Waals surface area contributed by atoms with E-state index in [0.29, 0.717) is 37.0 Å². The molecule has 120 valence electrons. The van der Waals surface area contributed by atoms with Crippen LogP contribution in [0.2, 0.25) is 5.02 Å². The van der Waals surface area contributed by atoms with Gasteiger partial charge < -0.3 is 10.2 Å². The quantitative estimate of drug-likeness (QED) is 0.906. The van der Waals surface area contributed by atoms with Crippen molar-refractivity contribution in [3.05, 3.63) is 34.3 Å². The number of rotatable bonds is 5. The predicted octanol–water partition coefficient (Wildman–Crippen LogP) is 2.77. The summed E-state index contributed by atoms with van der Waals surface area (Å²) in [4.78, 5) is 25.9. The van der Waals surface area contributed by atoms with Crippen LogP contribution >= 0.6 is 11.6 Å². The van der Waals surface area contributed by atoms with Crippen molar-refractivity contribution in [2.45, 2.75) is 33.7 Å². The van der Waals surface area contributed by atoms with E-state index < -0.39 is 0 Å². The Kier molecular flexibility index (Phi) is 5.46. The van der Waals surface area contributed by atoms with Gasteiger partial charge in [0.25, 0.3) is 0 Å². The number of benzene rings is 1. The van der Waals surface area contributed by atoms with Gasteiger partial charge in [0, 0.05) is 31.1 Å². The minimum atomic E-state index is -0.254. The van der Waals surface area contributed by atoms with Crippen molar-refractivity contribution in [3.63, 3.8) is 0 Å². The second-order valence-corrected chi connectivity index (χ2v) is 6.81. The Morgan fingerprint density at radius 3 is 2.82 bits per heavy atom. The van der Waals surface area contributed by atoms with Gasteiger partial charge >= 0.3 is 0 Å². The van der Waals surface area contributed by atoms with Gasteiger partial charge in [-0.25, -0.2) is 0 Å². The predicted molar refractivity (Wildman–Crippen MR) is 87.6 cm³/mol. The molecule has 0 bridgehead atoms. The summed E-state index contributed by atoms with van der Waals surface area (Å²) in [7, 11) is 0. The molecule has 1 N–H and O–H groups in total. The Labute approximate surface area is 136 Å². The first-order chi connectivity index (χ1) is 10.4. The molecule has 2 amide bonds. The normalized spacial score (nSPS) is 18.1. The largest absolute Gasteiger partial charge is 0.352 e. The van der Waals surface area contributed by atoms with Crippen LogP contribution in [0.3, 0.4) is 0 Å². The zero-order chi connectivity index (χ0) is 16.3. The minimum absolute atomic E-state index is 0.0715. The molecule has 1 unspecified atom stereocenters. The molecule has 0 radical (unpaired) electrons. The average Bonchev–Trinajstić information content (AvgIpc) is 2.78. The van der Waals surface area contributed by atoms with Crippen molar-refractivity contribution in [1.82, 2.24) is 10.2 Å². The number of nitrogens with one attached hydrogen (secondary N) is 1. The molecule has 1 saturated heterocycles. The van der Waals surface area contributed by atoms with Crippen LogP contribution in [0, 0.1) is 18.8 Å². The second-order valence-electron chi connectivity index (χ2n) is 6.41. The fourth-order valence-electron chi connectivity index (χ4n) is 2.69. The smallest absolute Gasteiger partial charge is 0.225 e. The van der Waals surface area contributed by atoms with Crippen LogP contribution in [0.4, 0.5) is 0 Å². The lowest BCUT2D eigenvalue weighted by atomic mass is 10.1. The Morgan fingerprint density at radius 2 is 2.18 bits per heavy atom. The van der Waals surface area contributed by atoms with E-state index in [1.807, 2.05) is 25.1 Å².